The Morgan fingerprint density at radius 3 is 2.73 bits per heavy atom. The summed E-state index contributed by atoms with van der Waals surface area (Å²) >= 11 is 1.48. The molecule has 1 heterocycles. The first kappa shape index (κ1) is 15.3. The molecule has 1 aromatic carbocycles. The Labute approximate surface area is 132 Å². The second-order valence-corrected chi connectivity index (χ2v) is 7.01. The van der Waals surface area contributed by atoms with Crippen LogP contribution in [0.3, 0.4) is 0 Å². The fourth-order valence-corrected chi connectivity index (χ4v) is 4.41. The molecule has 1 aromatic rings. The van der Waals surface area contributed by atoms with E-state index >= 15 is 0 Å². The zero-order valence-corrected chi connectivity index (χ0v) is 12.9. The molecule has 1 unspecified atom stereocenters. The molecule has 4 nitrogen and oxygen atoms in total. The predicted octanol–water partition coefficient (Wildman–Crippen LogP) is 2.98. The molecule has 0 radical (unpaired) electrons. The van der Waals surface area contributed by atoms with E-state index in [-0.39, 0.29) is 23.7 Å². The molecule has 1 aliphatic heterocycles. The van der Waals surface area contributed by atoms with E-state index in [4.69, 9.17) is 5.11 Å². The summed E-state index contributed by atoms with van der Waals surface area (Å²) < 4.78 is 13.8. The topological polar surface area (TPSA) is 66.4 Å². The Balaban J connectivity index is 1.69. The van der Waals surface area contributed by atoms with Crippen molar-refractivity contribution < 1.29 is 19.1 Å². The highest BCUT2D eigenvalue weighted by Crippen LogP contribution is 2.38. The molecule has 0 aromatic heterocycles. The molecule has 0 bridgehead atoms. The molecule has 0 spiro atoms. The van der Waals surface area contributed by atoms with Crippen LogP contribution in [0.4, 0.5) is 4.39 Å². The Morgan fingerprint density at radius 1 is 1.23 bits per heavy atom. The van der Waals surface area contributed by atoms with Crippen molar-refractivity contribution in [1.82, 2.24) is 5.32 Å². The van der Waals surface area contributed by atoms with E-state index in [0.717, 1.165) is 17.7 Å². The summed E-state index contributed by atoms with van der Waals surface area (Å²) in [5, 5.41) is 12.0. The van der Waals surface area contributed by atoms with Gasteiger partial charge < -0.3 is 10.4 Å². The van der Waals surface area contributed by atoms with Crippen molar-refractivity contribution in [2.24, 2.45) is 11.8 Å². The van der Waals surface area contributed by atoms with Crippen LogP contribution < -0.4 is 5.32 Å². The molecule has 1 amide bonds. The molecule has 3 atom stereocenters. The molecule has 6 heteroatoms. The number of hydrogen-bond donors (Lipinski definition) is 2. The summed E-state index contributed by atoms with van der Waals surface area (Å²) in [6.07, 6.45) is 2.33. The van der Waals surface area contributed by atoms with Gasteiger partial charge in [-0.25, -0.2) is 4.39 Å². The fraction of sp³-hybridized carbons (Fsp3) is 0.500. The maximum atomic E-state index is 13.8. The van der Waals surface area contributed by atoms with Gasteiger partial charge >= 0.3 is 5.97 Å². The second kappa shape index (κ2) is 6.28. The third kappa shape index (κ3) is 2.97. The number of hydrogen-bond acceptors (Lipinski definition) is 3. The van der Waals surface area contributed by atoms with Crippen LogP contribution in [0.2, 0.25) is 0 Å². The molecule has 1 aliphatic carbocycles. The second-order valence-electron chi connectivity index (χ2n) is 5.90. The Kier molecular flexibility index (Phi) is 4.38. The standard InChI is InChI=1S/C16H18FNO3S/c17-12-3-1-2-11-13(6-7-22-14(11)12)18-15(19)9-4-5-10(8-9)16(20)21/h1-3,9-10,13H,4-8H2,(H,18,19)(H,20,21)/t9-,10+,13?/m0/s1. The monoisotopic (exact) mass is 323 g/mol. The number of benzene rings is 1. The lowest BCUT2D eigenvalue weighted by Crippen LogP contribution is -2.35. The number of amides is 1. The van der Waals surface area contributed by atoms with Crippen molar-refractivity contribution in [3.63, 3.8) is 0 Å². The molecule has 0 saturated heterocycles. The normalized spacial score (nSPS) is 27.2. The van der Waals surface area contributed by atoms with Crippen LogP contribution in [0.5, 0.6) is 0 Å². The van der Waals surface area contributed by atoms with Gasteiger partial charge in [-0.2, -0.15) is 0 Å². The SMILES string of the molecule is O=C(O)[C@@H]1CC[C@H](C(=O)NC2CCSc3c(F)cccc32)C1. The average Bonchev–Trinajstić information content (AvgIpc) is 2.98. The molecule has 1 fully saturated rings. The number of carbonyl (C=O) groups excluding carboxylic acids is 1. The number of aliphatic carboxylic acids is 1. The number of carbonyl (C=O) groups is 2. The Bertz CT molecular complexity index is 607. The minimum atomic E-state index is -0.822. The molecular formula is C16H18FNO3S. The van der Waals surface area contributed by atoms with Crippen molar-refractivity contribution >= 4 is 23.6 Å². The van der Waals surface area contributed by atoms with Crippen LogP contribution in [0.25, 0.3) is 0 Å². The van der Waals surface area contributed by atoms with E-state index in [1.165, 1.54) is 17.8 Å². The predicted molar refractivity (Wildman–Crippen MR) is 81.1 cm³/mol. The van der Waals surface area contributed by atoms with Gasteiger partial charge in [0, 0.05) is 16.6 Å². The third-order valence-electron chi connectivity index (χ3n) is 4.49. The lowest BCUT2D eigenvalue weighted by Gasteiger charge is -2.27. The number of carboxylic acid groups (broad SMARTS) is 1. The van der Waals surface area contributed by atoms with Crippen LogP contribution >= 0.6 is 11.8 Å². The van der Waals surface area contributed by atoms with Crippen LogP contribution in [0.1, 0.15) is 37.3 Å². The highest BCUT2D eigenvalue weighted by Gasteiger charge is 2.35. The number of fused-ring (bicyclic) bond motifs is 1. The van der Waals surface area contributed by atoms with Crippen LogP contribution in [0, 0.1) is 17.7 Å². The van der Waals surface area contributed by atoms with E-state index in [1.54, 1.807) is 6.07 Å². The summed E-state index contributed by atoms with van der Waals surface area (Å²) in [6.45, 7) is 0. The lowest BCUT2D eigenvalue weighted by atomic mass is 10.0. The highest BCUT2D eigenvalue weighted by atomic mass is 32.2. The Morgan fingerprint density at radius 2 is 2.00 bits per heavy atom. The van der Waals surface area contributed by atoms with E-state index in [1.807, 2.05) is 6.07 Å². The largest absolute Gasteiger partial charge is 0.481 e. The van der Waals surface area contributed by atoms with Gasteiger partial charge in [0.15, 0.2) is 0 Å². The lowest BCUT2D eigenvalue weighted by molar-refractivity contribution is -0.141. The third-order valence-corrected chi connectivity index (χ3v) is 5.65. The molecule has 3 rings (SSSR count). The molecule has 22 heavy (non-hydrogen) atoms. The number of carboxylic acids is 1. The summed E-state index contributed by atoms with van der Waals surface area (Å²) in [7, 11) is 0. The molecule has 118 valence electrons. The molecular weight excluding hydrogens is 305 g/mol. The minimum absolute atomic E-state index is 0.101. The zero-order valence-electron chi connectivity index (χ0n) is 12.0. The van der Waals surface area contributed by atoms with Gasteiger partial charge in [-0.15, -0.1) is 11.8 Å². The van der Waals surface area contributed by atoms with Crippen LogP contribution in [-0.4, -0.2) is 22.7 Å². The van der Waals surface area contributed by atoms with Gasteiger partial charge in [0.05, 0.1) is 12.0 Å². The summed E-state index contributed by atoms with van der Waals surface area (Å²) in [5.74, 6) is -1.06. The van der Waals surface area contributed by atoms with Crippen LogP contribution in [-0.2, 0) is 9.59 Å². The van der Waals surface area contributed by atoms with Gasteiger partial charge in [0.1, 0.15) is 5.82 Å². The number of thioether (sulfide) groups is 1. The smallest absolute Gasteiger partial charge is 0.306 e. The van der Waals surface area contributed by atoms with Crippen molar-refractivity contribution in [1.29, 1.82) is 0 Å². The van der Waals surface area contributed by atoms with E-state index in [0.29, 0.717) is 24.2 Å². The van der Waals surface area contributed by atoms with Crippen molar-refractivity contribution in [2.45, 2.75) is 36.6 Å². The minimum Gasteiger partial charge on any atom is -0.481 e. The quantitative estimate of drug-likeness (QED) is 0.897. The summed E-state index contributed by atoms with van der Waals surface area (Å²) in [4.78, 5) is 24.0. The Hall–Kier alpha value is -1.56. The van der Waals surface area contributed by atoms with E-state index in [9.17, 15) is 14.0 Å². The van der Waals surface area contributed by atoms with Crippen molar-refractivity contribution in [3.05, 3.63) is 29.6 Å². The number of halogens is 1. The summed E-state index contributed by atoms with van der Waals surface area (Å²) in [5.41, 5.74) is 0.831. The maximum Gasteiger partial charge on any atom is 0.306 e. The summed E-state index contributed by atoms with van der Waals surface area (Å²) in [6, 6.07) is 4.77. The average molecular weight is 323 g/mol. The van der Waals surface area contributed by atoms with Gasteiger partial charge in [0.25, 0.3) is 0 Å². The van der Waals surface area contributed by atoms with Crippen molar-refractivity contribution in [2.75, 3.05) is 5.75 Å². The first-order chi connectivity index (χ1) is 10.6. The highest BCUT2D eigenvalue weighted by molar-refractivity contribution is 7.99. The van der Waals surface area contributed by atoms with E-state index in [2.05, 4.69) is 5.32 Å². The molecule has 2 aliphatic rings. The van der Waals surface area contributed by atoms with Gasteiger partial charge in [0.2, 0.25) is 5.91 Å². The zero-order chi connectivity index (χ0) is 15.7. The van der Waals surface area contributed by atoms with Gasteiger partial charge in [-0.1, -0.05) is 12.1 Å². The van der Waals surface area contributed by atoms with Gasteiger partial charge in [-0.05, 0) is 37.3 Å². The molecule has 1 saturated carbocycles. The van der Waals surface area contributed by atoms with E-state index < -0.39 is 11.9 Å². The van der Waals surface area contributed by atoms with Crippen molar-refractivity contribution in [3.8, 4) is 0 Å². The molecule has 2 N–H and O–H groups in total. The number of rotatable bonds is 3. The number of nitrogens with one attached hydrogen (secondary N) is 1. The van der Waals surface area contributed by atoms with Gasteiger partial charge in [-0.3, -0.25) is 9.59 Å². The first-order valence-electron chi connectivity index (χ1n) is 7.50. The fourth-order valence-electron chi connectivity index (χ4n) is 3.27. The van der Waals surface area contributed by atoms with Crippen LogP contribution in [0.15, 0.2) is 23.1 Å². The maximum absolute atomic E-state index is 13.8. The first-order valence-corrected chi connectivity index (χ1v) is 8.49.